The minimum atomic E-state index is -0.769. The summed E-state index contributed by atoms with van der Waals surface area (Å²) in [6, 6.07) is 9.45. The van der Waals surface area contributed by atoms with E-state index in [0.717, 1.165) is 4.47 Å². The Kier molecular flexibility index (Phi) is 5.06. The third-order valence-corrected chi connectivity index (χ3v) is 5.49. The molecule has 8 heteroatoms. The number of β-amino-alcohol motifs (C(OH)–C–C–N with tert-alkyl or cyclic N) is 1. The zero-order chi connectivity index (χ0) is 20.7. The van der Waals surface area contributed by atoms with E-state index in [1.54, 1.807) is 36.4 Å². The molecule has 29 heavy (non-hydrogen) atoms. The Labute approximate surface area is 174 Å². The average molecular weight is 460 g/mol. The smallest absolute Gasteiger partial charge is 0.290 e. The first-order valence-corrected chi connectivity index (χ1v) is 9.69. The highest BCUT2D eigenvalue weighted by molar-refractivity contribution is 9.10. The minimum Gasteiger partial charge on any atom is -0.497 e. The van der Waals surface area contributed by atoms with E-state index in [4.69, 9.17) is 13.9 Å². The first kappa shape index (κ1) is 19.5. The molecule has 2 heterocycles. The molecule has 0 saturated carbocycles. The quantitative estimate of drug-likeness (QED) is 0.630. The number of rotatable bonds is 5. The number of amides is 1. The lowest BCUT2D eigenvalue weighted by molar-refractivity contribution is 0.0690. The van der Waals surface area contributed by atoms with Gasteiger partial charge in [0.2, 0.25) is 5.76 Å². The monoisotopic (exact) mass is 459 g/mol. The number of benzene rings is 2. The van der Waals surface area contributed by atoms with E-state index in [-0.39, 0.29) is 29.9 Å². The van der Waals surface area contributed by atoms with Gasteiger partial charge in [-0.3, -0.25) is 9.59 Å². The van der Waals surface area contributed by atoms with Gasteiger partial charge in [0, 0.05) is 16.6 Å². The number of carbonyl (C=O) groups excluding carboxylic acids is 1. The Morgan fingerprint density at radius 2 is 1.93 bits per heavy atom. The topological polar surface area (TPSA) is 89.2 Å². The molecule has 0 fully saturated rings. The van der Waals surface area contributed by atoms with Crippen LogP contribution < -0.4 is 14.9 Å². The largest absolute Gasteiger partial charge is 0.497 e. The summed E-state index contributed by atoms with van der Waals surface area (Å²) in [6.45, 7) is -0.227. The zero-order valence-electron chi connectivity index (χ0n) is 15.8. The third kappa shape index (κ3) is 3.08. The molecule has 0 spiro atoms. The number of aliphatic hydroxyl groups excluding tert-OH is 1. The van der Waals surface area contributed by atoms with Gasteiger partial charge in [0.15, 0.2) is 5.43 Å². The SMILES string of the molecule is COc1ccc(OC)c([C@H]2c3c(oc4ccc(Br)cc4c3=O)C(=O)N2CCO)c1. The van der Waals surface area contributed by atoms with Crippen LogP contribution in [0.4, 0.5) is 0 Å². The predicted molar refractivity (Wildman–Crippen MR) is 110 cm³/mol. The first-order chi connectivity index (χ1) is 14.0. The number of halogens is 1. The van der Waals surface area contributed by atoms with Crippen LogP contribution in [0.15, 0.2) is 50.1 Å². The maximum atomic E-state index is 13.4. The van der Waals surface area contributed by atoms with Gasteiger partial charge >= 0.3 is 0 Å². The van der Waals surface area contributed by atoms with Crippen LogP contribution in [0.3, 0.4) is 0 Å². The van der Waals surface area contributed by atoms with Crippen LogP contribution >= 0.6 is 15.9 Å². The van der Waals surface area contributed by atoms with E-state index in [1.165, 1.54) is 19.1 Å². The number of fused-ring (bicyclic) bond motifs is 2. The number of ether oxygens (including phenoxy) is 2. The molecule has 0 aliphatic carbocycles. The molecule has 1 N–H and O–H groups in total. The Morgan fingerprint density at radius 1 is 1.14 bits per heavy atom. The van der Waals surface area contributed by atoms with Crippen molar-refractivity contribution >= 4 is 32.8 Å². The lowest BCUT2D eigenvalue weighted by Crippen LogP contribution is -2.32. The second kappa shape index (κ2) is 7.53. The summed E-state index contributed by atoms with van der Waals surface area (Å²) in [4.78, 5) is 27.9. The Hall–Kier alpha value is -2.84. The van der Waals surface area contributed by atoms with Crippen molar-refractivity contribution in [2.45, 2.75) is 6.04 Å². The molecule has 1 aromatic heterocycles. The van der Waals surface area contributed by atoms with Crippen molar-refractivity contribution in [1.29, 1.82) is 0 Å². The van der Waals surface area contributed by atoms with Gasteiger partial charge in [0.05, 0.1) is 37.8 Å². The number of nitrogens with zero attached hydrogens (tertiary/aromatic N) is 1. The van der Waals surface area contributed by atoms with Gasteiger partial charge in [-0.05, 0) is 36.4 Å². The molecule has 1 atom stereocenters. The van der Waals surface area contributed by atoms with Crippen molar-refractivity contribution in [2.24, 2.45) is 0 Å². The zero-order valence-corrected chi connectivity index (χ0v) is 17.4. The standard InChI is InChI=1S/C21H18BrNO6/c1-27-12-4-6-15(28-2)13(10-12)18-17-19(25)14-9-11(22)3-5-16(14)29-20(17)21(26)23(18)7-8-24/h3-6,9-10,18,24H,7-8H2,1-2H3/t18-/m0/s1. The lowest BCUT2D eigenvalue weighted by Gasteiger charge is -2.26. The van der Waals surface area contributed by atoms with Crippen molar-refractivity contribution in [2.75, 3.05) is 27.4 Å². The molecule has 150 valence electrons. The molecule has 0 unspecified atom stereocenters. The lowest BCUT2D eigenvalue weighted by atomic mass is 9.97. The van der Waals surface area contributed by atoms with Gasteiger partial charge in [-0.15, -0.1) is 0 Å². The van der Waals surface area contributed by atoms with Crippen LogP contribution in [0, 0.1) is 0 Å². The molecule has 3 aromatic rings. The van der Waals surface area contributed by atoms with Crippen LogP contribution in [0.2, 0.25) is 0 Å². The van der Waals surface area contributed by atoms with E-state index in [1.807, 2.05) is 0 Å². The van der Waals surface area contributed by atoms with Crippen LogP contribution in [0.5, 0.6) is 11.5 Å². The summed E-state index contributed by atoms with van der Waals surface area (Å²) in [5, 5.41) is 9.91. The maximum Gasteiger partial charge on any atom is 0.290 e. The van der Waals surface area contributed by atoms with Gasteiger partial charge < -0.3 is 23.9 Å². The van der Waals surface area contributed by atoms with Crippen molar-refractivity contribution in [3.8, 4) is 11.5 Å². The molecule has 0 bridgehead atoms. The maximum absolute atomic E-state index is 13.4. The highest BCUT2D eigenvalue weighted by atomic mass is 79.9. The van der Waals surface area contributed by atoms with Crippen molar-refractivity contribution in [3.05, 3.63) is 68.0 Å². The summed E-state index contributed by atoms with van der Waals surface area (Å²) < 4.78 is 17.4. The number of aliphatic hydroxyl groups is 1. The summed E-state index contributed by atoms with van der Waals surface area (Å²) in [7, 11) is 3.05. The predicted octanol–water partition coefficient (Wildman–Crippen LogP) is 3.11. The molecular weight excluding hydrogens is 442 g/mol. The number of methoxy groups -OCH3 is 2. The van der Waals surface area contributed by atoms with Gasteiger partial charge in [-0.1, -0.05) is 15.9 Å². The van der Waals surface area contributed by atoms with Crippen LogP contribution in [-0.2, 0) is 0 Å². The fourth-order valence-corrected chi connectivity index (χ4v) is 4.07. The Morgan fingerprint density at radius 3 is 2.62 bits per heavy atom. The van der Waals surface area contributed by atoms with E-state index in [2.05, 4.69) is 15.9 Å². The van der Waals surface area contributed by atoms with Gasteiger partial charge in [-0.25, -0.2) is 0 Å². The second-order valence-electron chi connectivity index (χ2n) is 6.55. The fraction of sp³-hybridized carbons (Fsp3) is 0.238. The van der Waals surface area contributed by atoms with Crippen LogP contribution in [0.25, 0.3) is 11.0 Å². The first-order valence-electron chi connectivity index (χ1n) is 8.90. The van der Waals surface area contributed by atoms with E-state index in [9.17, 15) is 14.7 Å². The normalized spacial score (nSPS) is 15.7. The molecule has 2 aromatic carbocycles. The molecule has 7 nitrogen and oxygen atoms in total. The molecule has 1 amide bonds. The Bertz CT molecular complexity index is 1170. The Balaban J connectivity index is 2.04. The summed E-state index contributed by atoms with van der Waals surface area (Å²) in [6.07, 6.45) is 0. The molecule has 4 rings (SSSR count). The summed E-state index contributed by atoms with van der Waals surface area (Å²) in [5.41, 5.74) is 0.827. The second-order valence-corrected chi connectivity index (χ2v) is 7.46. The highest BCUT2D eigenvalue weighted by Crippen LogP contribution is 2.42. The van der Waals surface area contributed by atoms with Gasteiger partial charge in [0.25, 0.3) is 5.91 Å². The number of hydrogen-bond donors (Lipinski definition) is 1. The van der Waals surface area contributed by atoms with Gasteiger partial charge in [-0.2, -0.15) is 0 Å². The van der Waals surface area contributed by atoms with Gasteiger partial charge in [0.1, 0.15) is 17.1 Å². The molecule has 0 saturated heterocycles. The molecule has 0 radical (unpaired) electrons. The fourth-order valence-electron chi connectivity index (χ4n) is 3.71. The van der Waals surface area contributed by atoms with E-state index < -0.39 is 11.9 Å². The summed E-state index contributed by atoms with van der Waals surface area (Å²) >= 11 is 3.37. The number of carbonyl (C=O) groups is 1. The van der Waals surface area contributed by atoms with E-state index in [0.29, 0.717) is 28.0 Å². The van der Waals surface area contributed by atoms with Crippen molar-refractivity contribution in [3.63, 3.8) is 0 Å². The van der Waals surface area contributed by atoms with Crippen molar-refractivity contribution in [1.82, 2.24) is 4.90 Å². The third-order valence-electron chi connectivity index (χ3n) is 5.00. The summed E-state index contributed by atoms with van der Waals surface area (Å²) in [5.74, 6) is 0.575. The number of hydrogen-bond acceptors (Lipinski definition) is 6. The average Bonchev–Trinajstić information content (AvgIpc) is 3.00. The highest BCUT2D eigenvalue weighted by Gasteiger charge is 2.43. The van der Waals surface area contributed by atoms with Crippen LogP contribution in [0.1, 0.15) is 27.7 Å². The van der Waals surface area contributed by atoms with Crippen molar-refractivity contribution < 1.29 is 23.8 Å². The minimum absolute atomic E-state index is 0.0202. The molecular formula is C21H18BrNO6. The van der Waals surface area contributed by atoms with E-state index >= 15 is 0 Å². The van der Waals surface area contributed by atoms with Crippen LogP contribution in [-0.4, -0.2) is 43.3 Å². The molecule has 1 aliphatic heterocycles. The molecule has 1 aliphatic rings.